The predicted octanol–water partition coefficient (Wildman–Crippen LogP) is 3.75. The SMILES string of the molecule is COc1ccc(Cn2cncc2-c2ccc(CNC(=O)C3CCCN3C(=O)Cc3cc(C)no3)cc2)cc1. The Morgan fingerprint density at radius 1 is 1.11 bits per heavy atom. The summed E-state index contributed by atoms with van der Waals surface area (Å²) in [4.78, 5) is 31.7. The molecule has 1 unspecified atom stereocenters. The lowest BCUT2D eigenvalue weighted by Gasteiger charge is -2.23. The molecule has 0 saturated carbocycles. The van der Waals surface area contributed by atoms with Gasteiger partial charge < -0.3 is 24.0 Å². The van der Waals surface area contributed by atoms with Gasteiger partial charge in [0.2, 0.25) is 11.8 Å². The molecule has 2 aromatic carbocycles. The second kappa shape index (κ2) is 11.3. The summed E-state index contributed by atoms with van der Waals surface area (Å²) < 4.78 is 12.5. The number of benzene rings is 2. The van der Waals surface area contributed by atoms with Crippen molar-refractivity contribution in [3.63, 3.8) is 0 Å². The molecule has 38 heavy (non-hydrogen) atoms. The van der Waals surface area contributed by atoms with Crippen molar-refractivity contribution in [1.29, 1.82) is 0 Å². The molecule has 1 N–H and O–H groups in total. The highest BCUT2D eigenvalue weighted by Gasteiger charge is 2.34. The van der Waals surface area contributed by atoms with E-state index >= 15 is 0 Å². The van der Waals surface area contributed by atoms with Gasteiger partial charge in [-0.05, 0) is 48.6 Å². The molecule has 0 aliphatic carbocycles. The molecule has 4 aromatic rings. The maximum absolute atomic E-state index is 12.9. The van der Waals surface area contributed by atoms with Crippen LogP contribution in [0.2, 0.25) is 0 Å². The Bertz CT molecular complexity index is 1390. The average Bonchev–Trinajstić information content (AvgIpc) is 3.69. The van der Waals surface area contributed by atoms with E-state index in [0.29, 0.717) is 31.8 Å². The Morgan fingerprint density at radius 3 is 2.58 bits per heavy atom. The number of carbonyl (C=O) groups excluding carboxylic acids is 2. The minimum Gasteiger partial charge on any atom is -0.497 e. The molecule has 0 bridgehead atoms. The first-order chi connectivity index (χ1) is 18.5. The molecule has 9 nitrogen and oxygen atoms in total. The Balaban J connectivity index is 1.17. The van der Waals surface area contributed by atoms with E-state index < -0.39 is 6.04 Å². The third-order valence-electron chi connectivity index (χ3n) is 6.82. The van der Waals surface area contributed by atoms with Crippen LogP contribution >= 0.6 is 0 Å². The predicted molar refractivity (Wildman–Crippen MR) is 141 cm³/mol. The summed E-state index contributed by atoms with van der Waals surface area (Å²) in [5.41, 5.74) is 4.92. The second-order valence-electron chi connectivity index (χ2n) is 9.53. The summed E-state index contributed by atoms with van der Waals surface area (Å²) in [5, 5.41) is 6.84. The molecule has 2 aromatic heterocycles. The van der Waals surface area contributed by atoms with Crippen LogP contribution in [-0.4, -0.2) is 51.1 Å². The van der Waals surface area contributed by atoms with Crippen LogP contribution in [0.3, 0.4) is 0 Å². The number of hydrogen-bond acceptors (Lipinski definition) is 6. The monoisotopic (exact) mass is 513 g/mol. The number of nitrogens with zero attached hydrogens (tertiary/aromatic N) is 4. The summed E-state index contributed by atoms with van der Waals surface area (Å²) in [6.07, 6.45) is 5.25. The number of amides is 2. The molecule has 1 aliphatic heterocycles. The fourth-order valence-corrected chi connectivity index (χ4v) is 4.80. The topological polar surface area (TPSA) is 102 Å². The van der Waals surface area contributed by atoms with E-state index in [0.717, 1.165) is 40.2 Å². The Morgan fingerprint density at radius 2 is 1.87 bits per heavy atom. The van der Waals surface area contributed by atoms with Crippen LogP contribution in [0.25, 0.3) is 11.3 Å². The van der Waals surface area contributed by atoms with Gasteiger partial charge >= 0.3 is 0 Å². The third-order valence-corrected chi connectivity index (χ3v) is 6.82. The zero-order valence-electron chi connectivity index (χ0n) is 21.6. The van der Waals surface area contributed by atoms with Crippen molar-refractivity contribution in [2.75, 3.05) is 13.7 Å². The molecule has 3 heterocycles. The van der Waals surface area contributed by atoms with E-state index in [2.05, 4.69) is 20.0 Å². The number of imidazole rings is 1. The van der Waals surface area contributed by atoms with Crippen molar-refractivity contribution < 1.29 is 18.8 Å². The highest BCUT2D eigenvalue weighted by atomic mass is 16.5. The summed E-state index contributed by atoms with van der Waals surface area (Å²) in [6, 6.07) is 17.4. The van der Waals surface area contributed by atoms with Crippen molar-refractivity contribution >= 4 is 11.8 Å². The first-order valence-electron chi connectivity index (χ1n) is 12.7. The van der Waals surface area contributed by atoms with Crippen molar-refractivity contribution in [1.82, 2.24) is 24.9 Å². The molecule has 1 saturated heterocycles. The van der Waals surface area contributed by atoms with E-state index in [-0.39, 0.29) is 18.2 Å². The lowest BCUT2D eigenvalue weighted by Crippen LogP contribution is -2.46. The van der Waals surface area contributed by atoms with Gasteiger partial charge in [-0.25, -0.2) is 4.98 Å². The Kier molecular flexibility index (Phi) is 7.53. The van der Waals surface area contributed by atoms with Crippen LogP contribution in [0.5, 0.6) is 5.75 Å². The normalized spacial score (nSPS) is 15.0. The summed E-state index contributed by atoms with van der Waals surface area (Å²) in [6.45, 7) is 3.48. The first-order valence-corrected chi connectivity index (χ1v) is 12.7. The van der Waals surface area contributed by atoms with Gasteiger partial charge in [0.1, 0.15) is 17.6 Å². The number of likely N-dealkylation sites (tertiary alicyclic amines) is 1. The van der Waals surface area contributed by atoms with Crippen molar-refractivity contribution in [3.05, 3.63) is 89.7 Å². The fourth-order valence-electron chi connectivity index (χ4n) is 4.80. The smallest absolute Gasteiger partial charge is 0.243 e. The van der Waals surface area contributed by atoms with Gasteiger partial charge in [-0.15, -0.1) is 0 Å². The molecular weight excluding hydrogens is 482 g/mol. The van der Waals surface area contributed by atoms with Crippen LogP contribution in [0.1, 0.15) is 35.4 Å². The van der Waals surface area contributed by atoms with Crippen molar-refractivity contribution in [2.45, 2.75) is 45.3 Å². The van der Waals surface area contributed by atoms with Gasteiger partial charge in [-0.1, -0.05) is 41.6 Å². The third kappa shape index (κ3) is 5.77. The van der Waals surface area contributed by atoms with E-state index in [1.807, 2.05) is 68.0 Å². The van der Waals surface area contributed by atoms with Crippen LogP contribution in [-0.2, 0) is 29.1 Å². The van der Waals surface area contributed by atoms with E-state index in [9.17, 15) is 9.59 Å². The van der Waals surface area contributed by atoms with Gasteiger partial charge in [0, 0.05) is 25.7 Å². The van der Waals surface area contributed by atoms with E-state index in [1.54, 1.807) is 18.1 Å². The molecule has 0 radical (unpaired) electrons. The minimum absolute atomic E-state index is 0.112. The summed E-state index contributed by atoms with van der Waals surface area (Å²) >= 11 is 0. The molecule has 0 spiro atoms. The number of ether oxygens (including phenoxy) is 1. The maximum atomic E-state index is 12.9. The fraction of sp³-hybridized carbons (Fsp3) is 0.310. The molecule has 1 aliphatic rings. The lowest BCUT2D eigenvalue weighted by atomic mass is 10.1. The molecule has 9 heteroatoms. The van der Waals surface area contributed by atoms with Crippen LogP contribution in [0.15, 0.2) is 71.6 Å². The number of methoxy groups -OCH3 is 1. The number of hydrogen-bond donors (Lipinski definition) is 1. The molecule has 1 atom stereocenters. The van der Waals surface area contributed by atoms with Crippen LogP contribution < -0.4 is 10.1 Å². The first kappa shape index (κ1) is 25.3. The number of rotatable bonds is 9. The lowest BCUT2D eigenvalue weighted by molar-refractivity contribution is -0.138. The molecule has 1 fully saturated rings. The van der Waals surface area contributed by atoms with Gasteiger partial charge in [-0.3, -0.25) is 9.59 Å². The van der Waals surface area contributed by atoms with Crippen LogP contribution in [0.4, 0.5) is 0 Å². The van der Waals surface area contributed by atoms with Crippen LogP contribution in [0, 0.1) is 6.92 Å². The molecule has 196 valence electrons. The van der Waals surface area contributed by atoms with Gasteiger partial charge in [-0.2, -0.15) is 0 Å². The number of nitrogens with one attached hydrogen (secondary N) is 1. The number of aromatic nitrogens is 3. The Labute approximate surface area is 221 Å². The van der Waals surface area contributed by atoms with Crippen molar-refractivity contribution in [2.24, 2.45) is 0 Å². The maximum Gasteiger partial charge on any atom is 0.243 e. The largest absolute Gasteiger partial charge is 0.497 e. The minimum atomic E-state index is -0.460. The quantitative estimate of drug-likeness (QED) is 0.366. The van der Waals surface area contributed by atoms with E-state index in [4.69, 9.17) is 9.26 Å². The number of carbonyl (C=O) groups is 2. The zero-order valence-corrected chi connectivity index (χ0v) is 21.6. The van der Waals surface area contributed by atoms with Gasteiger partial charge in [0.25, 0.3) is 0 Å². The summed E-state index contributed by atoms with van der Waals surface area (Å²) in [5.74, 6) is 1.10. The zero-order chi connectivity index (χ0) is 26.5. The van der Waals surface area contributed by atoms with E-state index in [1.165, 1.54) is 0 Å². The highest BCUT2D eigenvalue weighted by molar-refractivity contribution is 5.88. The Hall–Kier alpha value is -4.40. The summed E-state index contributed by atoms with van der Waals surface area (Å²) in [7, 11) is 1.66. The van der Waals surface area contributed by atoms with Gasteiger partial charge in [0.05, 0.1) is 37.4 Å². The molecule has 2 amide bonds. The highest BCUT2D eigenvalue weighted by Crippen LogP contribution is 2.22. The van der Waals surface area contributed by atoms with Crippen molar-refractivity contribution in [3.8, 4) is 17.0 Å². The number of aryl methyl sites for hydroxylation is 1. The second-order valence-corrected chi connectivity index (χ2v) is 9.53. The average molecular weight is 514 g/mol. The molecule has 5 rings (SSSR count). The van der Waals surface area contributed by atoms with Gasteiger partial charge in [0.15, 0.2) is 0 Å². The standard InChI is InChI=1S/C29H31N5O4/c1-20-14-25(38-32-20)15-28(35)34-13-3-4-26(34)29(36)31-16-21-5-9-23(10-6-21)27-17-30-19-33(27)18-22-7-11-24(37-2)12-8-22/h5-12,14,17,19,26H,3-4,13,15-16,18H2,1-2H3,(H,31,36). The molecular formula is C29H31N5O4.